The zero-order valence-corrected chi connectivity index (χ0v) is 16.3. The molecule has 2 aromatic heterocycles. The lowest BCUT2D eigenvalue weighted by Gasteiger charge is -2.11. The number of hydrogen-bond acceptors (Lipinski definition) is 0. The third kappa shape index (κ3) is 1.98. The van der Waals surface area contributed by atoms with Gasteiger partial charge in [0.25, 0.3) is 0 Å². The van der Waals surface area contributed by atoms with Crippen LogP contribution in [0.2, 0.25) is 0 Å². The minimum atomic E-state index is 1.18. The number of hydrogen-bond donors (Lipinski definition) is 1. The van der Waals surface area contributed by atoms with E-state index in [0.717, 1.165) is 0 Å². The van der Waals surface area contributed by atoms with Gasteiger partial charge in [-0.3, -0.25) is 0 Å². The summed E-state index contributed by atoms with van der Waals surface area (Å²) >= 11 is 0. The molecule has 140 valence electrons. The Morgan fingerprint density at radius 2 is 1.23 bits per heavy atom. The number of rotatable bonds is 1. The van der Waals surface area contributed by atoms with Crippen LogP contribution in [0.1, 0.15) is 0 Å². The maximum atomic E-state index is 3.70. The Bertz CT molecular complexity index is 1740. The Morgan fingerprint density at radius 1 is 0.500 bits per heavy atom. The quantitative estimate of drug-likeness (QED) is 0.302. The molecule has 5 aromatic carbocycles. The summed E-state index contributed by atoms with van der Waals surface area (Å²) in [5.41, 5.74) is 6.07. The molecule has 7 aromatic rings. The van der Waals surface area contributed by atoms with Crippen molar-refractivity contribution in [1.82, 2.24) is 9.55 Å². The van der Waals surface area contributed by atoms with Gasteiger partial charge in [0.15, 0.2) is 0 Å². The highest BCUT2D eigenvalue weighted by molar-refractivity contribution is 6.25. The predicted molar refractivity (Wildman–Crippen MR) is 128 cm³/mol. The number of fused-ring (bicyclic) bond motifs is 8. The Morgan fingerprint density at radius 3 is 2.17 bits per heavy atom. The van der Waals surface area contributed by atoms with Crippen molar-refractivity contribution in [3.05, 3.63) is 103 Å². The number of para-hydroxylation sites is 2. The molecule has 7 rings (SSSR count). The van der Waals surface area contributed by atoms with Crippen LogP contribution in [0.4, 0.5) is 0 Å². The largest absolute Gasteiger partial charge is 0.354 e. The average Bonchev–Trinajstić information content (AvgIpc) is 3.34. The van der Waals surface area contributed by atoms with E-state index in [2.05, 4.69) is 113 Å². The summed E-state index contributed by atoms with van der Waals surface area (Å²) in [6.45, 7) is 0. The molecule has 2 nitrogen and oxygen atoms in total. The molecule has 30 heavy (non-hydrogen) atoms. The van der Waals surface area contributed by atoms with E-state index < -0.39 is 0 Å². The van der Waals surface area contributed by atoms with E-state index in [9.17, 15) is 0 Å². The van der Waals surface area contributed by atoms with Gasteiger partial charge in [0.2, 0.25) is 0 Å². The van der Waals surface area contributed by atoms with E-state index in [1.54, 1.807) is 0 Å². The second-order valence-electron chi connectivity index (χ2n) is 7.90. The van der Waals surface area contributed by atoms with Gasteiger partial charge in [0.1, 0.15) is 0 Å². The number of nitrogens with zero attached hydrogens (tertiary/aromatic N) is 1. The zero-order valence-electron chi connectivity index (χ0n) is 16.3. The topological polar surface area (TPSA) is 20.7 Å². The van der Waals surface area contributed by atoms with Crippen molar-refractivity contribution in [3.8, 4) is 5.69 Å². The van der Waals surface area contributed by atoms with Crippen molar-refractivity contribution >= 4 is 54.4 Å². The summed E-state index contributed by atoms with van der Waals surface area (Å²) in [6.07, 6.45) is 0. The minimum absolute atomic E-state index is 1.18. The average molecular weight is 382 g/mol. The van der Waals surface area contributed by atoms with Crippen molar-refractivity contribution in [2.45, 2.75) is 0 Å². The van der Waals surface area contributed by atoms with E-state index in [-0.39, 0.29) is 0 Å². The van der Waals surface area contributed by atoms with E-state index >= 15 is 0 Å². The number of aromatic amines is 1. The molecular weight excluding hydrogens is 364 g/mol. The molecule has 0 aliphatic carbocycles. The lowest BCUT2D eigenvalue weighted by atomic mass is 10.1. The van der Waals surface area contributed by atoms with Crippen LogP contribution in [0.5, 0.6) is 0 Å². The fourth-order valence-electron chi connectivity index (χ4n) is 5.04. The van der Waals surface area contributed by atoms with Gasteiger partial charge in [-0.15, -0.1) is 0 Å². The van der Waals surface area contributed by atoms with Gasteiger partial charge in [0.05, 0.1) is 22.2 Å². The smallest absolute Gasteiger partial charge is 0.0566 e. The van der Waals surface area contributed by atoms with Crippen LogP contribution in [-0.4, -0.2) is 9.55 Å². The van der Waals surface area contributed by atoms with Gasteiger partial charge >= 0.3 is 0 Å². The minimum Gasteiger partial charge on any atom is -0.354 e. The lowest BCUT2D eigenvalue weighted by Crippen LogP contribution is -1.94. The van der Waals surface area contributed by atoms with Gasteiger partial charge in [-0.2, -0.15) is 0 Å². The molecule has 2 heteroatoms. The number of nitrogens with one attached hydrogen (secondary N) is 1. The number of aromatic nitrogens is 2. The lowest BCUT2D eigenvalue weighted by molar-refractivity contribution is 1.20. The second-order valence-corrected chi connectivity index (χ2v) is 7.90. The van der Waals surface area contributed by atoms with E-state index in [4.69, 9.17) is 0 Å². The molecule has 0 spiro atoms. The highest BCUT2D eigenvalue weighted by atomic mass is 15.0. The molecule has 0 aliphatic heterocycles. The van der Waals surface area contributed by atoms with Crippen molar-refractivity contribution in [2.24, 2.45) is 0 Å². The molecule has 0 atom stereocenters. The van der Waals surface area contributed by atoms with Crippen LogP contribution < -0.4 is 0 Å². The maximum absolute atomic E-state index is 3.70. The predicted octanol–water partition coefficient (Wildman–Crippen LogP) is 7.57. The maximum Gasteiger partial charge on any atom is 0.0566 e. The Kier molecular flexibility index (Phi) is 3.03. The first-order chi connectivity index (χ1) is 14.9. The fraction of sp³-hybridized carbons (Fsp3) is 0. The third-order valence-corrected chi connectivity index (χ3v) is 6.32. The van der Waals surface area contributed by atoms with Crippen LogP contribution in [0.15, 0.2) is 103 Å². The highest BCUT2D eigenvalue weighted by Gasteiger charge is 2.17. The summed E-state index contributed by atoms with van der Waals surface area (Å²) in [7, 11) is 0. The zero-order chi connectivity index (χ0) is 19.7. The third-order valence-electron chi connectivity index (χ3n) is 6.32. The van der Waals surface area contributed by atoms with Crippen molar-refractivity contribution in [1.29, 1.82) is 0 Å². The SMILES string of the molecule is c1ccc2c(-n3c4ccccc4c4c5[nH]c6ccccc6c5ccc43)cccc2c1. The first-order valence-electron chi connectivity index (χ1n) is 10.3. The van der Waals surface area contributed by atoms with Crippen LogP contribution in [0.3, 0.4) is 0 Å². The molecule has 0 fully saturated rings. The number of benzene rings is 5. The first kappa shape index (κ1) is 15.8. The molecule has 0 aliphatic rings. The summed E-state index contributed by atoms with van der Waals surface area (Å²) in [4.78, 5) is 3.70. The summed E-state index contributed by atoms with van der Waals surface area (Å²) < 4.78 is 2.41. The molecule has 0 bridgehead atoms. The molecule has 1 N–H and O–H groups in total. The van der Waals surface area contributed by atoms with Crippen molar-refractivity contribution in [2.75, 3.05) is 0 Å². The molecule has 0 saturated carbocycles. The van der Waals surface area contributed by atoms with Crippen molar-refractivity contribution < 1.29 is 0 Å². The standard InChI is InChI=1S/C28H18N2/c1-2-10-19-18(8-1)9-7-15-24(19)30-25-14-6-4-12-22(25)27-26(30)17-16-21-20-11-3-5-13-23(20)29-28(21)27/h1-17,29H. The van der Waals surface area contributed by atoms with E-state index in [0.29, 0.717) is 0 Å². The normalized spacial score (nSPS) is 12.0. The monoisotopic (exact) mass is 382 g/mol. The van der Waals surface area contributed by atoms with Gasteiger partial charge in [-0.25, -0.2) is 0 Å². The molecular formula is C28H18N2. The van der Waals surface area contributed by atoms with Crippen molar-refractivity contribution in [3.63, 3.8) is 0 Å². The number of H-pyrrole nitrogens is 1. The first-order valence-corrected chi connectivity index (χ1v) is 10.3. The van der Waals surface area contributed by atoms with Crippen LogP contribution in [-0.2, 0) is 0 Å². The van der Waals surface area contributed by atoms with E-state index in [1.165, 1.54) is 60.1 Å². The van der Waals surface area contributed by atoms with E-state index in [1.807, 2.05) is 0 Å². The molecule has 0 radical (unpaired) electrons. The Labute approximate surface area is 173 Å². The Balaban J connectivity index is 1.73. The van der Waals surface area contributed by atoms with Crippen LogP contribution >= 0.6 is 0 Å². The molecule has 0 saturated heterocycles. The molecule has 0 amide bonds. The van der Waals surface area contributed by atoms with Gasteiger partial charge in [0, 0.05) is 32.4 Å². The molecule has 0 unspecified atom stereocenters. The van der Waals surface area contributed by atoms with Gasteiger partial charge in [-0.05, 0) is 29.7 Å². The second kappa shape index (κ2) is 5.74. The fourth-order valence-corrected chi connectivity index (χ4v) is 5.04. The summed E-state index contributed by atoms with van der Waals surface area (Å²) in [5, 5.41) is 7.63. The van der Waals surface area contributed by atoms with Crippen LogP contribution in [0.25, 0.3) is 60.1 Å². The summed E-state index contributed by atoms with van der Waals surface area (Å²) in [6, 6.07) is 37.0. The van der Waals surface area contributed by atoms with Crippen LogP contribution in [0, 0.1) is 0 Å². The Hall–Kier alpha value is -4.04. The molecule has 2 heterocycles. The summed E-state index contributed by atoms with van der Waals surface area (Å²) in [5.74, 6) is 0. The van der Waals surface area contributed by atoms with Gasteiger partial charge < -0.3 is 9.55 Å². The highest BCUT2D eigenvalue weighted by Crippen LogP contribution is 2.39. The van der Waals surface area contributed by atoms with Gasteiger partial charge in [-0.1, -0.05) is 78.9 Å².